The summed E-state index contributed by atoms with van der Waals surface area (Å²) in [5, 5.41) is 10.2. The van der Waals surface area contributed by atoms with Gasteiger partial charge >= 0.3 is 0 Å². The van der Waals surface area contributed by atoms with Crippen LogP contribution in [0.2, 0.25) is 5.02 Å². The van der Waals surface area contributed by atoms with Crippen LogP contribution in [0.3, 0.4) is 0 Å². The molecule has 3 aromatic rings. The van der Waals surface area contributed by atoms with Crippen LogP contribution in [-0.2, 0) is 7.05 Å². The van der Waals surface area contributed by atoms with Crippen molar-refractivity contribution in [3.8, 4) is 0 Å². The van der Waals surface area contributed by atoms with Gasteiger partial charge in [0.25, 0.3) is 11.8 Å². The van der Waals surface area contributed by atoms with Crippen molar-refractivity contribution in [1.29, 1.82) is 0 Å². The fraction of sp³-hybridized carbons (Fsp3) is 0.167. The van der Waals surface area contributed by atoms with Gasteiger partial charge in [0.1, 0.15) is 11.6 Å². The van der Waals surface area contributed by atoms with E-state index in [1.54, 1.807) is 30.8 Å². The summed E-state index contributed by atoms with van der Waals surface area (Å²) in [5.41, 5.74) is 1.66. The highest BCUT2D eigenvalue weighted by atomic mass is 35.5. The highest BCUT2D eigenvalue weighted by Crippen LogP contribution is 2.29. The summed E-state index contributed by atoms with van der Waals surface area (Å²) < 4.78 is 14.7. The summed E-state index contributed by atoms with van der Waals surface area (Å²) in [4.78, 5) is 25.4. The lowest BCUT2D eigenvalue weighted by atomic mass is 10.2. The zero-order chi connectivity index (χ0) is 19.7. The molecule has 2 amide bonds. The van der Waals surface area contributed by atoms with Crippen molar-refractivity contribution in [2.75, 3.05) is 10.6 Å². The van der Waals surface area contributed by atoms with E-state index in [0.717, 1.165) is 34.7 Å². The second kappa shape index (κ2) is 7.50. The molecule has 0 aliphatic heterocycles. The normalized spacial score (nSPS) is 10.7. The van der Waals surface area contributed by atoms with Gasteiger partial charge in [-0.3, -0.25) is 14.3 Å². The van der Waals surface area contributed by atoms with Gasteiger partial charge in [-0.05, 0) is 43.7 Å². The largest absolute Gasteiger partial charge is 0.313 e. The number of hydrogen-bond donors (Lipinski definition) is 2. The number of amides is 2. The first-order valence-electron chi connectivity index (χ1n) is 7.93. The summed E-state index contributed by atoms with van der Waals surface area (Å²) in [5.74, 6) is -0.710. The summed E-state index contributed by atoms with van der Waals surface area (Å²) in [7, 11) is 1.74. The highest BCUT2D eigenvalue weighted by molar-refractivity contribution is 7.18. The molecule has 0 saturated carbocycles. The molecular formula is C18H16ClFN4O2S. The fourth-order valence-corrected chi connectivity index (χ4v) is 3.74. The number of carbonyl (C=O) groups excluding carboxylic acids is 2. The molecule has 2 heterocycles. The van der Waals surface area contributed by atoms with Crippen molar-refractivity contribution in [1.82, 2.24) is 9.78 Å². The number of benzene rings is 1. The molecule has 0 saturated heterocycles. The summed E-state index contributed by atoms with van der Waals surface area (Å²) in [6.07, 6.45) is 0. The Hall–Kier alpha value is -2.71. The van der Waals surface area contributed by atoms with E-state index in [1.165, 1.54) is 6.07 Å². The van der Waals surface area contributed by atoms with Gasteiger partial charge in [0.15, 0.2) is 0 Å². The van der Waals surface area contributed by atoms with E-state index in [1.807, 2.05) is 6.92 Å². The Kier molecular flexibility index (Phi) is 5.29. The van der Waals surface area contributed by atoms with Gasteiger partial charge < -0.3 is 10.6 Å². The van der Waals surface area contributed by atoms with E-state index in [-0.39, 0.29) is 16.5 Å². The lowest BCUT2D eigenvalue weighted by Gasteiger charge is -2.05. The van der Waals surface area contributed by atoms with Crippen LogP contribution in [0.4, 0.5) is 15.2 Å². The molecule has 0 unspecified atom stereocenters. The van der Waals surface area contributed by atoms with E-state index in [9.17, 15) is 14.0 Å². The maximum Gasteiger partial charge on any atom is 0.267 e. The maximum atomic E-state index is 13.1. The molecule has 0 atom stereocenters. The third-order valence-electron chi connectivity index (χ3n) is 3.78. The number of hydrogen-bond acceptors (Lipinski definition) is 4. The van der Waals surface area contributed by atoms with Crippen molar-refractivity contribution in [3.05, 3.63) is 62.9 Å². The van der Waals surface area contributed by atoms with E-state index in [0.29, 0.717) is 15.7 Å². The molecule has 0 spiro atoms. The van der Waals surface area contributed by atoms with Gasteiger partial charge in [-0.2, -0.15) is 5.10 Å². The second-order valence-corrected chi connectivity index (χ2v) is 7.41. The summed E-state index contributed by atoms with van der Waals surface area (Å²) in [6.45, 7) is 3.61. The van der Waals surface area contributed by atoms with Crippen LogP contribution in [0, 0.1) is 19.7 Å². The molecule has 0 radical (unpaired) electrons. The molecule has 1 aromatic carbocycles. The molecule has 0 fully saturated rings. The molecule has 3 rings (SSSR count). The minimum absolute atomic E-state index is 0.0188. The minimum atomic E-state index is -0.520. The van der Waals surface area contributed by atoms with Gasteiger partial charge in [-0.15, -0.1) is 11.3 Å². The first-order valence-corrected chi connectivity index (χ1v) is 9.13. The molecule has 140 valence electrons. The van der Waals surface area contributed by atoms with Crippen molar-refractivity contribution in [2.24, 2.45) is 7.05 Å². The van der Waals surface area contributed by atoms with Crippen LogP contribution in [0.25, 0.3) is 0 Å². The number of halogens is 2. The minimum Gasteiger partial charge on any atom is -0.313 e. The molecule has 0 bridgehead atoms. The van der Waals surface area contributed by atoms with Crippen molar-refractivity contribution in [2.45, 2.75) is 13.8 Å². The van der Waals surface area contributed by atoms with Crippen LogP contribution in [0.1, 0.15) is 31.3 Å². The number of nitrogens with zero attached hydrogens (tertiary/aromatic N) is 2. The Balaban J connectivity index is 1.76. The molecule has 2 aromatic heterocycles. The average molecular weight is 407 g/mol. The van der Waals surface area contributed by atoms with Crippen LogP contribution < -0.4 is 10.6 Å². The van der Waals surface area contributed by atoms with Crippen LogP contribution in [0.15, 0.2) is 30.3 Å². The van der Waals surface area contributed by atoms with Crippen molar-refractivity contribution < 1.29 is 14.0 Å². The quantitative estimate of drug-likeness (QED) is 0.674. The molecule has 2 N–H and O–H groups in total. The Morgan fingerprint density at radius 2 is 1.89 bits per heavy atom. The highest BCUT2D eigenvalue weighted by Gasteiger charge is 2.18. The molecule has 9 heteroatoms. The van der Waals surface area contributed by atoms with Gasteiger partial charge in [0, 0.05) is 13.1 Å². The molecule has 0 aliphatic carbocycles. The van der Waals surface area contributed by atoms with Gasteiger partial charge in [0.05, 0.1) is 26.2 Å². The SMILES string of the molecule is Cc1cc(NC(=O)c2sc(NC(=O)c3ccc(F)cc3Cl)cc2C)n(C)n1. The Morgan fingerprint density at radius 1 is 1.15 bits per heavy atom. The molecule has 27 heavy (non-hydrogen) atoms. The number of carbonyl (C=O) groups is 2. The van der Waals surface area contributed by atoms with Gasteiger partial charge in [-0.25, -0.2) is 4.39 Å². The molecular weight excluding hydrogens is 391 g/mol. The monoisotopic (exact) mass is 406 g/mol. The smallest absolute Gasteiger partial charge is 0.267 e. The number of nitrogens with one attached hydrogen (secondary N) is 2. The van der Waals surface area contributed by atoms with Crippen LogP contribution in [0.5, 0.6) is 0 Å². The van der Waals surface area contributed by atoms with Gasteiger partial charge in [-0.1, -0.05) is 11.6 Å². The van der Waals surface area contributed by atoms with Crippen molar-refractivity contribution >= 4 is 45.6 Å². The Bertz CT molecular complexity index is 1040. The van der Waals surface area contributed by atoms with E-state index < -0.39 is 11.7 Å². The second-order valence-electron chi connectivity index (χ2n) is 5.95. The van der Waals surface area contributed by atoms with Crippen LogP contribution in [-0.4, -0.2) is 21.6 Å². The zero-order valence-electron chi connectivity index (χ0n) is 14.8. The van der Waals surface area contributed by atoms with E-state index >= 15 is 0 Å². The topological polar surface area (TPSA) is 76.0 Å². The standard InChI is InChI=1S/C18H16ClFN4O2S/c1-9-6-15(22-17(25)12-5-4-11(20)8-13(12)19)27-16(9)18(26)21-14-7-10(2)23-24(14)3/h4-8H,1-3H3,(H,21,26)(H,22,25). The average Bonchev–Trinajstić information content (AvgIpc) is 3.08. The predicted molar refractivity (Wildman–Crippen MR) is 104 cm³/mol. The third kappa shape index (κ3) is 4.17. The van der Waals surface area contributed by atoms with Gasteiger partial charge in [0.2, 0.25) is 0 Å². The lowest BCUT2D eigenvalue weighted by molar-refractivity contribution is 0.101. The van der Waals surface area contributed by atoms with E-state index in [4.69, 9.17) is 11.6 Å². The predicted octanol–water partition coefficient (Wildman–Crippen LogP) is 4.40. The fourth-order valence-electron chi connectivity index (χ4n) is 2.52. The Morgan fingerprint density at radius 3 is 2.52 bits per heavy atom. The summed E-state index contributed by atoms with van der Waals surface area (Å²) >= 11 is 7.06. The molecule has 0 aliphatic rings. The van der Waals surface area contributed by atoms with Crippen LogP contribution >= 0.6 is 22.9 Å². The van der Waals surface area contributed by atoms with Crippen molar-refractivity contribution in [3.63, 3.8) is 0 Å². The first kappa shape index (κ1) is 19.1. The Labute approximate surface area is 164 Å². The number of anilines is 2. The first-order chi connectivity index (χ1) is 12.7. The number of aryl methyl sites for hydroxylation is 3. The lowest BCUT2D eigenvalue weighted by Crippen LogP contribution is -2.14. The number of aromatic nitrogens is 2. The maximum absolute atomic E-state index is 13.1. The molecule has 6 nitrogen and oxygen atoms in total. The number of thiophene rings is 1. The third-order valence-corrected chi connectivity index (χ3v) is 5.24. The van der Waals surface area contributed by atoms with E-state index in [2.05, 4.69) is 15.7 Å². The summed E-state index contributed by atoms with van der Waals surface area (Å²) in [6, 6.07) is 7.01. The zero-order valence-corrected chi connectivity index (χ0v) is 16.3. The number of rotatable bonds is 4.